The summed E-state index contributed by atoms with van der Waals surface area (Å²) in [6.07, 6.45) is 1.59. The molecule has 6 heteroatoms. The number of carbonyl (C=O) groups is 2. The lowest BCUT2D eigenvalue weighted by Gasteiger charge is -2.21. The minimum absolute atomic E-state index is 0.0248. The van der Waals surface area contributed by atoms with Crippen LogP contribution in [0.25, 0.3) is 0 Å². The van der Waals surface area contributed by atoms with Crippen LogP contribution in [0.1, 0.15) is 25.3 Å². The topological polar surface area (TPSA) is 52.7 Å². The van der Waals surface area contributed by atoms with Crippen LogP contribution in [-0.4, -0.2) is 60.9 Å². The van der Waals surface area contributed by atoms with Gasteiger partial charge in [0.25, 0.3) is 0 Å². The quantitative estimate of drug-likeness (QED) is 0.856. The van der Waals surface area contributed by atoms with Crippen LogP contribution in [0.4, 0.5) is 4.39 Å². The molecule has 2 rings (SSSR count). The van der Waals surface area contributed by atoms with Crippen molar-refractivity contribution in [2.45, 2.75) is 26.2 Å². The molecule has 1 heterocycles. The highest BCUT2D eigenvalue weighted by atomic mass is 19.1. The predicted molar refractivity (Wildman–Crippen MR) is 91.0 cm³/mol. The van der Waals surface area contributed by atoms with Crippen molar-refractivity contribution in [1.29, 1.82) is 0 Å². The molecule has 2 amide bonds. The fraction of sp³-hybridized carbons (Fsp3) is 0.556. The molecule has 5 nitrogen and oxygen atoms in total. The summed E-state index contributed by atoms with van der Waals surface area (Å²) in [5.74, 6) is -0.177. The number of halogens is 1. The number of benzene rings is 1. The van der Waals surface area contributed by atoms with Crippen molar-refractivity contribution in [2.75, 3.05) is 39.3 Å². The first-order valence-corrected chi connectivity index (χ1v) is 8.60. The van der Waals surface area contributed by atoms with Crippen molar-refractivity contribution in [3.63, 3.8) is 0 Å². The van der Waals surface area contributed by atoms with E-state index in [2.05, 4.69) is 10.2 Å². The first-order valence-electron chi connectivity index (χ1n) is 8.60. The van der Waals surface area contributed by atoms with E-state index in [9.17, 15) is 14.0 Å². The molecule has 0 atom stereocenters. The van der Waals surface area contributed by atoms with E-state index >= 15 is 0 Å². The molecule has 1 aliphatic rings. The molecular weight excluding hydrogens is 309 g/mol. The van der Waals surface area contributed by atoms with Crippen molar-refractivity contribution in [3.8, 4) is 0 Å². The summed E-state index contributed by atoms with van der Waals surface area (Å²) in [6, 6.07) is 6.58. The number of rotatable bonds is 6. The van der Waals surface area contributed by atoms with Gasteiger partial charge >= 0.3 is 0 Å². The van der Waals surface area contributed by atoms with E-state index in [1.165, 1.54) is 6.07 Å². The number of carbonyl (C=O) groups excluding carboxylic acids is 2. The van der Waals surface area contributed by atoms with Gasteiger partial charge in [-0.2, -0.15) is 0 Å². The zero-order valence-electron chi connectivity index (χ0n) is 14.3. The monoisotopic (exact) mass is 335 g/mol. The smallest absolute Gasteiger partial charge is 0.234 e. The Morgan fingerprint density at radius 1 is 1.17 bits per heavy atom. The Hall–Kier alpha value is -1.95. The molecule has 0 spiro atoms. The third-order valence-corrected chi connectivity index (χ3v) is 4.25. The van der Waals surface area contributed by atoms with E-state index in [4.69, 9.17) is 0 Å². The summed E-state index contributed by atoms with van der Waals surface area (Å²) >= 11 is 0. The first kappa shape index (κ1) is 18.4. The fourth-order valence-electron chi connectivity index (χ4n) is 2.94. The Labute approximate surface area is 142 Å². The van der Waals surface area contributed by atoms with E-state index in [1.807, 2.05) is 11.8 Å². The molecule has 0 aliphatic carbocycles. The summed E-state index contributed by atoms with van der Waals surface area (Å²) in [6.45, 7) is 5.74. The summed E-state index contributed by atoms with van der Waals surface area (Å²) in [5, 5.41) is 2.79. The Morgan fingerprint density at radius 2 is 1.96 bits per heavy atom. The highest BCUT2D eigenvalue weighted by molar-refractivity contribution is 5.78. The summed E-state index contributed by atoms with van der Waals surface area (Å²) in [7, 11) is 0. The van der Waals surface area contributed by atoms with Gasteiger partial charge in [-0.3, -0.25) is 14.5 Å². The van der Waals surface area contributed by atoms with Gasteiger partial charge in [-0.05, 0) is 31.4 Å². The number of hydrogen-bond donors (Lipinski definition) is 1. The largest absolute Gasteiger partial charge is 0.355 e. The molecule has 0 bridgehead atoms. The number of amides is 2. The van der Waals surface area contributed by atoms with E-state index in [-0.39, 0.29) is 17.6 Å². The third-order valence-electron chi connectivity index (χ3n) is 4.25. The number of nitrogens with zero attached hydrogens (tertiary/aromatic N) is 2. The number of hydrogen-bond acceptors (Lipinski definition) is 3. The molecule has 0 saturated carbocycles. The maximum absolute atomic E-state index is 13.6. The number of nitrogens with one attached hydrogen (secondary N) is 1. The van der Waals surface area contributed by atoms with Crippen molar-refractivity contribution in [3.05, 3.63) is 35.6 Å². The average molecular weight is 335 g/mol. The van der Waals surface area contributed by atoms with Crippen molar-refractivity contribution in [1.82, 2.24) is 15.1 Å². The molecule has 1 fully saturated rings. The van der Waals surface area contributed by atoms with Crippen LogP contribution in [0, 0.1) is 5.82 Å². The van der Waals surface area contributed by atoms with Gasteiger partial charge in [0.05, 0.1) is 6.54 Å². The molecule has 0 radical (unpaired) electrons. The lowest BCUT2D eigenvalue weighted by Crippen LogP contribution is -2.40. The fourth-order valence-corrected chi connectivity index (χ4v) is 2.94. The molecule has 1 aromatic carbocycles. The molecule has 1 aliphatic heterocycles. The van der Waals surface area contributed by atoms with E-state index in [0.717, 1.165) is 13.0 Å². The highest BCUT2D eigenvalue weighted by Crippen LogP contribution is 2.11. The minimum Gasteiger partial charge on any atom is -0.355 e. The van der Waals surface area contributed by atoms with E-state index in [0.29, 0.717) is 51.1 Å². The lowest BCUT2D eigenvalue weighted by molar-refractivity contribution is -0.131. The van der Waals surface area contributed by atoms with Gasteiger partial charge in [-0.25, -0.2) is 4.39 Å². The average Bonchev–Trinajstić information content (AvgIpc) is 2.80. The summed E-state index contributed by atoms with van der Waals surface area (Å²) in [5.41, 5.74) is 0.582. The van der Waals surface area contributed by atoms with Gasteiger partial charge < -0.3 is 10.2 Å². The van der Waals surface area contributed by atoms with Crippen LogP contribution in [0.3, 0.4) is 0 Å². The lowest BCUT2D eigenvalue weighted by atomic mass is 10.1. The molecule has 1 N–H and O–H groups in total. The Kier molecular flexibility index (Phi) is 7.18. The zero-order valence-corrected chi connectivity index (χ0v) is 14.3. The van der Waals surface area contributed by atoms with Crippen LogP contribution < -0.4 is 5.32 Å². The number of aryl methyl sites for hydroxylation is 1. The maximum atomic E-state index is 13.6. The van der Waals surface area contributed by atoms with Gasteiger partial charge in [0, 0.05) is 39.1 Å². The highest BCUT2D eigenvalue weighted by Gasteiger charge is 2.20. The maximum Gasteiger partial charge on any atom is 0.234 e. The Morgan fingerprint density at radius 3 is 2.71 bits per heavy atom. The summed E-state index contributed by atoms with van der Waals surface area (Å²) < 4.78 is 13.6. The van der Waals surface area contributed by atoms with E-state index < -0.39 is 0 Å². The normalized spacial score (nSPS) is 15.8. The second-order valence-corrected chi connectivity index (χ2v) is 6.06. The van der Waals surface area contributed by atoms with Crippen LogP contribution in [0.5, 0.6) is 0 Å². The molecule has 0 unspecified atom stereocenters. The van der Waals surface area contributed by atoms with Crippen LogP contribution >= 0.6 is 0 Å². The molecule has 132 valence electrons. The van der Waals surface area contributed by atoms with Crippen LogP contribution in [-0.2, 0) is 16.0 Å². The third kappa shape index (κ3) is 5.60. The van der Waals surface area contributed by atoms with Gasteiger partial charge in [-0.1, -0.05) is 18.2 Å². The first-order chi connectivity index (χ1) is 11.6. The molecule has 24 heavy (non-hydrogen) atoms. The standard InChI is InChI=1S/C18H26FN3O2/c1-2-20-17(23)14-21-10-5-11-22(13-12-21)18(24)9-8-15-6-3-4-7-16(15)19/h3-4,6-7H,2,5,8-14H2,1H3,(H,20,23). The van der Waals surface area contributed by atoms with Gasteiger partial charge in [0.2, 0.25) is 11.8 Å². The molecule has 1 saturated heterocycles. The van der Waals surface area contributed by atoms with Crippen LogP contribution in [0.2, 0.25) is 0 Å². The SMILES string of the molecule is CCNC(=O)CN1CCCN(C(=O)CCc2ccccc2F)CC1. The van der Waals surface area contributed by atoms with Gasteiger partial charge in [-0.15, -0.1) is 0 Å². The minimum atomic E-state index is -0.255. The zero-order chi connectivity index (χ0) is 17.4. The molecule has 1 aromatic rings. The van der Waals surface area contributed by atoms with Crippen LogP contribution in [0.15, 0.2) is 24.3 Å². The Bertz CT molecular complexity index is 565. The van der Waals surface area contributed by atoms with Crippen molar-refractivity contribution in [2.24, 2.45) is 0 Å². The van der Waals surface area contributed by atoms with Gasteiger partial charge in [0.15, 0.2) is 0 Å². The van der Waals surface area contributed by atoms with Gasteiger partial charge in [0.1, 0.15) is 5.82 Å². The van der Waals surface area contributed by atoms with Crippen molar-refractivity contribution >= 4 is 11.8 Å². The second kappa shape index (κ2) is 9.37. The van der Waals surface area contributed by atoms with Crippen molar-refractivity contribution < 1.29 is 14.0 Å². The van der Waals surface area contributed by atoms with E-state index in [1.54, 1.807) is 18.2 Å². The Balaban J connectivity index is 1.79. The number of likely N-dealkylation sites (N-methyl/N-ethyl adjacent to an activating group) is 1. The summed E-state index contributed by atoms with van der Waals surface area (Å²) in [4.78, 5) is 27.9. The molecular formula is C18H26FN3O2. The molecule has 0 aromatic heterocycles. The predicted octanol–water partition coefficient (Wildman–Crippen LogP) is 1.43. The second-order valence-electron chi connectivity index (χ2n) is 6.06.